The Morgan fingerprint density at radius 3 is 2.45 bits per heavy atom. The molecule has 1 fully saturated rings. The Morgan fingerprint density at radius 1 is 0.977 bits per heavy atom. The standard InChI is InChI=1S/C34H35N3O5S2/c1-34(2,3)37(33(38)39)23-10-13-28-30(19-23)43-29-7-5-6-26(32(29)44-28)27-18-24(36-14-16-41-17-15-36)20-31(35-27)42-21-22-8-11-25(40-4)12-9-22/h5-13,18-20H,14-17,21H2,1-4H3,(H,38,39). The molecule has 0 spiro atoms. The van der Waals surface area contributed by atoms with Crippen molar-refractivity contribution >= 4 is 41.0 Å². The maximum atomic E-state index is 12.1. The van der Waals surface area contributed by atoms with Gasteiger partial charge in [0, 0.05) is 61.2 Å². The van der Waals surface area contributed by atoms with Crippen LogP contribution in [0.15, 0.2) is 92.4 Å². The van der Waals surface area contributed by atoms with E-state index >= 15 is 0 Å². The number of fused-ring (bicyclic) bond motifs is 2. The first kappa shape index (κ1) is 30.2. The fourth-order valence-corrected chi connectivity index (χ4v) is 7.70. The van der Waals surface area contributed by atoms with E-state index < -0.39 is 11.6 Å². The zero-order chi connectivity index (χ0) is 30.8. The van der Waals surface area contributed by atoms with Gasteiger partial charge in [-0.05, 0) is 68.8 Å². The highest BCUT2D eigenvalue weighted by molar-refractivity contribution is 8.05. The van der Waals surface area contributed by atoms with Crippen molar-refractivity contribution in [3.8, 4) is 22.9 Å². The molecule has 3 aromatic carbocycles. The zero-order valence-corrected chi connectivity index (χ0v) is 26.8. The summed E-state index contributed by atoms with van der Waals surface area (Å²) in [5.74, 6) is 1.37. The van der Waals surface area contributed by atoms with E-state index in [-0.39, 0.29) is 0 Å². The van der Waals surface area contributed by atoms with Crippen LogP contribution in [0.25, 0.3) is 11.3 Å². The minimum Gasteiger partial charge on any atom is -0.497 e. The molecule has 1 saturated heterocycles. The molecular weight excluding hydrogens is 595 g/mol. The highest BCUT2D eigenvalue weighted by Gasteiger charge is 2.30. The van der Waals surface area contributed by atoms with Crippen LogP contribution >= 0.6 is 23.5 Å². The van der Waals surface area contributed by atoms with Gasteiger partial charge < -0.3 is 24.2 Å². The van der Waals surface area contributed by atoms with Crippen molar-refractivity contribution in [1.29, 1.82) is 0 Å². The summed E-state index contributed by atoms with van der Waals surface area (Å²) < 4.78 is 17.2. The lowest BCUT2D eigenvalue weighted by atomic mass is 10.1. The second-order valence-electron chi connectivity index (χ2n) is 11.5. The number of pyridine rings is 1. The Kier molecular flexibility index (Phi) is 8.66. The van der Waals surface area contributed by atoms with Crippen molar-refractivity contribution in [3.05, 3.63) is 78.4 Å². The van der Waals surface area contributed by atoms with Crippen molar-refractivity contribution in [1.82, 2.24) is 4.98 Å². The van der Waals surface area contributed by atoms with E-state index in [1.54, 1.807) is 30.6 Å². The normalized spacial score (nSPS) is 14.4. The third-order valence-electron chi connectivity index (χ3n) is 7.44. The highest BCUT2D eigenvalue weighted by atomic mass is 32.2. The predicted octanol–water partition coefficient (Wildman–Crippen LogP) is 8.07. The van der Waals surface area contributed by atoms with Gasteiger partial charge in [-0.2, -0.15) is 0 Å². The molecule has 0 saturated carbocycles. The van der Waals surface area contributed by atoms with Crippen molar-refractivity contribution < 1.29 is 24.1 Å². The SMILES string of the molecule is COc1ccc(COc2cc(N3CCOCC3)cc(-c3cccc4c3Sc3ccc(N(C(=O)O)C(C)(C)C)cc3S4)n2)cc1. The van der Waals surface area contributed by atoms with Crippen molar-refractivity contribution in [2.75, 3.05) is 43.2 Å². The molecule has 1 aromatic heterocycles. The van der Waals surface area contributed by atoms with E-state index in [0.29, 0.717) is 31.4 Å². The predicted molar refractivity (Wildman–Crippen MR) is 175 cm³/mol. The minimum atomic E-state index is -0.968. The maximum absolute atomic E-state index is 12.1. The summed E-state index contributed by atoms with van der Waals surface area (Å²) in [6.07, 6.45) is -0.968. The monoisotopic (exact) mass is 629 g/mol. The number of hydrogen-bond acceptors (Lipinski definition) is 8. The molecule has 228 valence electrons. The fourth-order valence-electron chi connectivity index (χ4n) is 5.30. The first-order chi connectivity index (χ1) is 21.2. The smallest absolute Gasteiger partial charge is 0.412 e. The molecule has 2 aliphatic heterocycles. The van der Waals surface area contributed by atoms with E-state index in [1.165, 1.54) is 4.90 Å². The summed E-state index contributed by atoms with van der Waals surface area (Å²) in [6.45, 7) is 9.05. The van der Waals surface area contributed by atoms with Crippen molar-refractivity contribution in [3.63, 3.8) is 0 Å². The number of nitrogens with zero attached hydrogens (tertiary/aromatic N) is 3. The topological polar surface area (TPSA) is 84.4 Å². The van der Waals surface area contributed by atoms with E-state index in [2.05, 4.69) is 29.2 Å². The zero-order valence-electron chi connectivity index (χ0n) is 25.2. The fraction of sp³-hybridized carbons (Fsp3) is 0.294. The second kappa shape index (κ2) is 12.6. The van der Waals surface area contributed by atoms with Gasteiger partial charge in [0.2, 0.25) is 5.88 Å². The van der Waals surface area contributed by atoms with Gasteiger partial charge in [-0.3, -0.25) is 4.90 Å². The lowest BCUT2D eigenvalue weighted by molar-refractivity contribution is 0.122. The van der Waals surface area contributed by atoms with E-state index in [4.69, 9.17) is 19.2 Å². The number of morpholine rings is 1. The molecule has 4 aromatic rings. The maximum Gasteiger partial charge on any atom is 0.412 e. The Hall–Kier alpha value is -3.86. The molecule has 8 nitrogen and oxygen atoms in total. The highest BCUT2D eigenvalue weighted by Crippen LogP contribution is 2.52. The average molecular weight is 630 g/mol. The number of methoxy groups -OCH3 is 1. The molecule has 2 aliphatic rings. The van der Waals surface area contributed by atoms with E-state index in [1.807, 2.05) is 69.3 Å². The summed E-state index contributed by atoms with van der Waals surface area (Å²) in [4.78, 5) is 25.2. The van der Waals surface area contributed by atoms with Crippen LogP contribution in [0.3, 0.4) is 0 Å². The molecule has 1 amide bonds. The first-order valence-corrected chi connectivity index (χ1v) is 16.1. The number of carbonyl (C=O) groups is 1. The number of hydrogen-bond donors (Lipinski definition) is 1. The number of anilines is 2. The number of rotatable bonds is 7. The molecule has 10 heteroatoms. The molecule has 0 atom stereocenters. The third kappa shape index (κ3) is 6.47. The van der Waals surface area contributed by atoms with Gasteiger partial charge in [0.05, 0.1) is 26.0 Å². The van der Waals surface area contributed by atoms with Gasteiger partial charge in [0.15, 0.2) is 0 Å². The molecule has 0 aliphatic carbocycles. The van der Waals surface area contributed by atoms with E-state index in [0.717, 1.165) is 60.9 Å². The summed E-state index contributed by atoms with van der Waals surface area (Å²) in [5.41, 5.74) is 4.04. The van der Waals surface area contributed by atoms with Crippen LogP contribution in [0, 0.1) is 0 Å². The summed E-state index contributed by atoms with van der Waals surface area (Å²) in [7, 11) is 1.66. The number of carboxylic acid groups (broad SMARTS) is 1. The van der Waals surface area contributed by atoms with E-state index in [9.17, 15) is 9.90 Å². The Bertz CT molecular complexity index is 1670. The first-order valence-electron chi connectivity index (χ1n) is 14.5. The van der Waals surface area contributed by atoms with Crippen LogP contribution in [-0.2, 0) is 11.3 Å². The summed E-state index contributed by atoms with van der Waals surface area (Å²) in [6, 6.07) is 24.1. The van der Waals surface area contributed by atoms with Gasteiger partial charge in [-0.25, -0.2) is 9.78 Å². The molecule has 6 rings (SSSR count). The Labute approximate surface area is 266 Å². The van der Waals surface area contributed by atoms with Crippen LogP contribution in [0.2, 0.25) is 0 Å². The van der Waals surface area contributed by atoms with Crippen LogP contribution in [0.1, 0.15) is 26.3 Å². The lowest BCUT2D eigenvalue weighted by Gasteiger charge is -2.34. The molecule has 1 N–H and O–H groups in total. The number of amides is 1. The van der Waals surface area contributed by atoms with Crippen LogP contribution in [0.4, 0.5) is 16.2 Å². The second-order valence-corrected chi connectivity index (χ2v) is 13.7. The van der Waals surface area contributed by atoms with Crippen molar-refractivity contribution in [2.24, 2.45) is 0 Å². The van der Waals surface area contributed by atoms with Gasteiger partial charge >= 0.3 is 6.09 Å². The quantitative estimate of drug-likeness (QED) is 0.192. The minimum absolute atomic E-state index is 0.387. The molecule has 0 unspecified atom stereocenters. The third-order valence-corrected chi connectivity index (χ3v) is 10.0. The summed E-state index contributed by atoms with van der Waals surface area (Å²) in [5, 5.41) is 9.93. The van der Waals surface area contributed by atoms with Crippen LogP contribution in [-0.4, -0.2) is 55.1 Å². The summed E-state index contributed by atoms with van der Waals surface area (Å²) >= 11 is 3.34. The number of aromatic nitrogens is 1. The largest absolute Gasteiger partial charge is 0.497 e. The van der Waals surface area contributed by atoms with Gasteiger partial charge in [-0.1, -0.05) is 47.8 Å². The van der Waals surface area contributed by atoms with Gasteiger partial charge in [0.1, 0.15) is 12.4 Å². The molecule has 44 heavy (non-hydrogen) atoms. The Balaban J connectivity index is 1.33. The number of benzene rings is 3. The Morgan fingerprint density at radius 2 is 1.75 bits per heavy atom. The van der Waals surface area contributed by atoms with Crippen molar-refractivity contribution in [2.45, 2.75) is 52.5 Å². The lowest BCUT2D eigenvalue weighted by Crippen LogP contribution is -2.45. The number of ether oxygens (including phenoxy) is 3. The average Bonchev–Trinajstić information content (AvgIpc) is 3.02. The molecule has 0 bridgehead atoms. The van der Waals surface area contributed by atoms with Gasteiger partial charge in [-0.15, -0.1) is 0 Å². The molecular formula is C34H35N3O5S2. The molecule has 0 radical (unpaired) electrons. The van der Waals surface area contributed by atoms with Crippen LogP contribution < -0.4 is 19.3 Å². The molecule has 3 heterocycles. The van der Waals surface area contributed by atoms with Crippen LogP contribution in [0.5, 0.6) is 11.6 Å². The van der Waals surface area contributed by atoms with Gasteiger partial charge in [0.25, 0.3) is 0 Å².